The van der Waals surface area contributed by atoms with Crippen molar-refractivity contribution in [2.75, 3.05) is 13.2 Å². The predicted molar refractivity (Wildman–Crippen MR) is 122 cm³/mol. The Morgan fingerprint density at radius 1 is 1.26 bits per heavy atom. The smallest absolute Gasteiger partial charge is 0.332 e. The van der Waals surface area contributed by atoms with E-state index in [9.17, 15) is 14.4 Å². The van der Waals surface area contributed by atoms with Crippen LogP contribution in [0.1, 0.15) is 63.9 Å². The van der Waals surface area contributed by atoms with Gasteiger partial charge in [0.25, 0.3) is 5.56 Å². The van der Waals surface area contributed by atoms with Gasteiger partial charge in [-0.1, -0.05) is 0 Å². The summed E-state index contributed by atoms with van der Waals surface area (Å²) in [6.07, 6.45) is 1.78. The van der Waals surface area contributed by atoms with E-state index in [1.165, 1.54) is 15.9 Å². The van der Waals surface area contributed by atoms with Crippen molar-refractivity contribution in [2.45, 2.75) is 85.2 Å². The van der Waals surface area contributed by atoms with Gasteiger partial charge in [-0.3, -0.25) is 18.7 Å². The van der Waals surface area contributed by atoms with Crippen molar-refractivity contribution in [3.63, 3.8) is 0 Å². The number of fused-ring (bicyclic) bond motifs is 1. The Morgan fingerprint density at radius 3 is 2.52 bits per heavy atom. The summed E-state index contributed by atoms with van der Waals surface area (Å²) in [5.41, 5.74) is -0.152. The van der Waals surface area contributed by atoms with Gasteiger partial charge in [0, 0.05) is 17.5 Å². The molecule has 2 aromatic heterocycles. The number of aryl methyl sites for hydroxylation is 1. The van der Waals surface area contributed by atoms with Gasteiger partial charge in [0.05, 0.1) is 31.2 Å². The Hall–Kier alpha value is -1.97. The number of rotatable bonds is 9. The summed E-state index contributed by atoms with van der Waals surface area (Å²) in [5, 5.41) is 3.69. The predicted octanol–water partition coefficient (Wildman–Crippen LogP) is 2.72. The van der Waals surface area contributed by atoms with Crippen molar-refractivity contribution in [1.29, 1.82) is 0 Å². The number of hydrogen-bond acceptors (Lipinski definition) is 7. The Balaban J connectivity index is 1.90. The fraction of sp³-hybridized carbons (Fsp3) is 0.682. The van der Waals surface area contributed by atoms with Crippen molar-refractivity contribution in [2.24, 2.45) is 0 Å². The molecule has 31 heavy (non-hydrogen) atoms. The molecule has 0 saturated heterocycles. The number of nitrogens with zero attached hydrogens (tertiary/aromatic N) is 2. The van der Waals surface area contributed by atoms with Crippen LogP contribution in [0.5, 0.6) is 0 Å². The number of hydrogen-bond donors (Lipinski definition) is 1. The quantitative estimate of drug-likeness (QED) is 0.590. The largest absolute Gasteiger partial charge is 0.459 e. The SMILES string of the molecule is Cc1c(CNCC(=O)OC(C)(C)C)sc2c1c(=O)n(C1CC1)c(=O)n2CCOC(C)C. The molecule has 0 bridgehead atoms. The normalized spacial score (nSPS) is 14.5. The van der Waals surface area contributed by atoms with E-state index in [4.69, 9.17) is 9.47 Å². The lowest BCUT2D eigenvalue weighted by Gasteiger charge is -2.19. The van der Waals surface area contributed by atoms with Crippen molar-refractivity contribution >= 4 is 27.5 Å². The first kappa shape index (κ1) is 23.7. The number of thiophene rings is 1. The Labute approximate surface area is 186 Å². The van der Waals surface area contributed by atoms with E-state index in [2.05, 4.69) is 5.32 Å². The molecular weight excluding hydrogens is 418 g/mol. The first-order valence-corrected chi connectivity index (χ1v) is 11.6. The number of carbonyl (C=O) groups excluding carboxylic acids is 1. The van der Waals surface area contributed by atoms with Gasteiger partial charge in [0.15, 0.2) is 0 Å². The summed E-state index contributed by atoms with van der Waals surface area (Å²) in [4.78, 5) is 39.9. The fourth-order valence-corrected chi connectivity index (χ4v) is 4.75. The van der Waals surface area contributed by atoms with Crippen LogP contribution in [0.15, 0.2) is 9.59 Å². The minimum absolute atomic E-state index is 0.00490. The molecule has 1 fully saturated rings. The van der Waals surface area contributed by atoms with E-state index >= 15 is 0 Å². The summed E-state index contributed by atoms with van der Waals surface area (Å²) < 4.78 is 14.1. The van der Waals surface area contributed by atoms with Gasteiger partial charge in [-0.15, -0.1) is 11.3 Å². The third-order valence-electron chi connectivity index (χ3n) is 4.99. The maximum absolute atomic E-state index is 13.2. The molecule has 2 heterocycles. The van der Waals surface area contributed by atoms with E-state index in [0.717, 1.165) is 23.3 Å². The Kier molecular flexibility index (Phi) is 7.08. The third-order valence-corrected chi connectivity index (χ3v) is 6.31. The molecule has 0 aliphatic heterocycles. The van der Waals surface area contributed by atoms with Crippen LogP contribution in [-0.2, 0) is 27.4 Å². The average Bonchev–Trinajstić information content (AvgIpc) is 3.40. The molecule has 9 heteroatoms. The van der Waals surface area contributed by atoms with Crippen LogP contribution in [0.3, 0.4) is 0 Å². The second kappa shape index (κ2) is 9.26. The van der Waals surface area contributed by atoms with Gasteiger partial charge in [-0.2, -0.15) is 0 Å². The van der Waals surface area contributed by atoms with Crippen molar-refractivity contribution in [1.82, 2.24) is 14.5 Å². The molecule has 0 aromatic carbocycles. The number of nitrogens with one attached hydrogen (secondary N) is 1. The number of esters is 1. The van der Waals surface area contributed by atoms with E-state index < -0.39 is 5.60 Å². The molecule has 1 aliphatic rings. The van der Waals surface area contributed by atoms with Gasteiger partial charge in [-0.25, -0.2) is 4.79 Å². The lowest BCUT2D eigenvalue weighted by molar-refractivity contribution is -0.153. The van der Waals surface area contributed by atoms with E-state index in [0.29, 0.717) is 29.9 Å². The molecule has 8 nitrogen and oxygen atoms in total. The highest BCUT2D eigenvalue weighted by Crippen LogP contribution is 2.34. The molecule has 0 unspecified atom stereocenters. The zero-order valence-corrected chi connectivity index (χ0v) is 20.1. The lowest BCUT2D eigenvalue weighted by atomic mass is 10.2. The molecule has 0 radical (unpaired) electrons. The zero-order valence-electron chi connectivity index (χ0n) is 19.2. The van der Waals surface area contributed by atoms with Crippen LogP contribution in [0.4, 0.5) is 0 Å². The van der Waals surface area contributed by atoms with Crippen LogP contribution in [-0.4, -0.2) is 40.0 Å². The van der Waals surface area contributed by atoms with Gasteiger partial charge in [0.2, 0.25) is 0 Å². The highest BCUT2D eigenvalue weighted by Gasteiger charge is 2.30. The van der Waals surface area contributed by atoms with Crippen molar-refractivity contribution < 1.29 is 14.3 Å². The average molecular weight is 452 g/mol. The van der Waals surface area contributed by atoms with Gasteiger partial charge < -0.3 is 14.8 Å². The molecule has 0 amide bonds. The van der Waals surface area contributed by atoms with Crippen LogP contribution < -0.4 is 16.6 Å². The summed E-state index contributed by atoms with van der Waals surface area (Å²) in [7, 11) is 0. The van der Waals surface area contributed by atoms with Crippen molar-refractivity contribution in [3.05, 3.63) is 31.3 Å². The molecule has 1 N–H and O–H groups in total. The first-order chi connectivity index (χ1) is 14.5. The zero-order chi connectivity index (χ0) is 22.9. The fourth-order valence-electron chi connectivity index (χ4n) is 3.47. The number of aromatic nitrogens is 2. The van der Waals surface area contributed by atoms with E-state index in [1.54, 1.807) is 4.57 Å². The second-order valence-corrected chi connectivity index (χ2v) is 10.4. The van der Waals surface area contributed by atoms with Crippen LogP contribution in [0.2, 0.25) is 0 Å². The minimum Gasteiger partial charge on any atom is -0.459 e. The molecule has 3 rings (SSSR count). The molecule has 2 aromatic rings. The highest BCUT2D eigenvalue weighted by molar-refractivity contribution is 7.18. The van der Waals surface area contributed by atoms with Crippen LogP contribution >= 0.6 is 11.3 Å². The Morgan fingerprint density at radius 2 is 1.94 bits per heavy atom. The lowest BCUT2D eigenvalue weighted by Crippen LogP contribution is -2.40. The summed E-state index contributed by atoms with van der Waals surface area (Å²) in [6.45, 7) is 12.6. The molecule has 0 atom stereocenters. The topological polar surface area (TPSA) is 91.6 Å². The summed E-state index contributed by atoms with van der Waals surface area (Å²) >= 11 is 1.42. The molecular formula is C22H33N3O5S. The first-order valence-electron chi connectivity index (χ1n) is 10.8. The standard InChI is InChI=1S/C22H33N3O5S/c1-13(2)29-10-9-24-20-18(19(27)25(21(24)28)15-7-8-15)14(3)16(31-20)11-23-12-17(26)30-22(4,5)6/h13,15,23H,7-12H2,1-6H3. The van der Waals surface area contributed by atoms with Gasteiger partial charge in [-0.05, 0) is 59.9 Å². The summed E-state index contributed by atoms with van der Waals surface area (Å²) in [5.74, 6) is -0.329. The van der Waals surface area contributed by atoms with Gasteiger partial charge in [0.1, 0.15) is 10.4 Å². The molecule has 1 saturated carbocycles. The monoisotopic (exact) mass is 451 g/mol. The maximum Gasteiger partial charge on any atom is 0.332 e. The molecule has 172 valence electrons. The van der Waals surface area contributed by atoms with E-state index in [1.807, 2.05) is 41.5 Å². The number of ether oxygens (including phenoxy) is 2. The molecule has 0 spiro atoms. The third kappa shape index (κ3) is 5.64. The van der Waals surface area contributed by atoms with Crippen molar-refractivity contribution in [3.8, 4) is 0 Å². The van der Waals surface area contributed by atoms with Crippen LogP contribution in [0.25, 0.3) is 10.2 Å². The molecule has 1 aliphatic carbocycles. The van der Waals surface area contributed by atoms with Gasteiger partial charge >= 0.3 is 11.7 Å². The highest BCUT2D eigenvalue weighted by atomic mass is 32.1. The van der Waals surface area contributed by atoms with E-state index in [-0.39, 0.29) is 35.9 Å². The second-order valence-electron chi connectivity index (χ2n) is 9.28. The minimum atomic E-state index is -0.533. The number of carbonyl (C=O) groups is 1. The Bertz CT molecular complexity index is 1070. The summed E-state index contributed by atoms with van der Waals surface area (Å²) in [6, 6.07) is -0.00490. The van der Waals surface area contributed by atoms with Crippen LogP contribution in [0, 0.1) is 6.92 Å². The maximum atomic E-state index is 13.2.